The summed E-state index contributed by atoms with van der Waals surface area (Å²) in [6.07, 6.45) is -2.22. The molecule has 1 amide bonds. The summed E-state index contributed by atoms with van der Waals surface area (Å²) in [6.45, 7) is -0.103. The number of ether oxygens (including phenoxy) is 1. The van der Waals surface area contributed by atoms with Crippen LogP contribution in [-0.4, -0.2) is 30.1 Å². The van der Waals surface area contributed by atoms with E-state index in [1.165, 1.54) is 0 Å². The minimum Gasteiger partial charge on any atom is -0.550 e. The molecule has 1 spiro atoms. The molecule has 0 aliphatic carbocycles. The number of carboxylic acids is 1. The topological polar surface area (TPSA) is 69.7 Å². The molecule has 2 saturated heterocycles. The highest BCUT2D eigenvalue weighted by Crippen LogP contribution is 2.53. The highest BCUT2D eigenvalue weighted by molar-refractivity contribution is 6.34. The lowest BCUT2D eigenvalue weighted by atomic mass is 9.77. The predicted octanol–water partition coefficient (Wildman–Crippen LogP) is 1.40. The van der Waals surface area contributed by atoms with Gasteiger partial charge in [0.2, 0.25) is 5.91 Å². The van der Waals surface area contributed by atoms with Crippen molar-refractivity contribution in [1.82, 2.24) is 0 Å². The minimum atomic E-state index is -4.60. The molecule has 3 aliphatic heterocycles. The number of carboxylic acid groups (broad SMARTS) is 1. The first-order valence-corrected chi connectivity index (χ1v) is 7.78. The Labute approximate surface area is 144 Å². The number of aliphatic carboxylic acids is 1. The molecule has 3 aliphatic rings. The number of hydrogen-bond acceptors (Lipinski definition) is 4. The number of carbonyl (C=O) groups is 2. The Bertz CT molecular complexity index is 824. The van der Waals surface area contributed by atoms with E-state index in [0.29, 0.717) is 0 Å². The normalized spacial score (nSPS) is 33.2. The quantitative estimate of drug-likeness (QED) is 0.736. The van der Waals surface area contributed by atoms with Gasteiger partial charge in [-0.1, -0.05) is 23.8 Å². The fourth-order valence-electron chi connectivity index (χ4n) is 3.87. The van der Waals surface area contributed by atoms with Crippen molar-refractivity contribution >= 4 is 29.2 Å². The second-order valence-electron chi connectivity index (χ2n) is 6.31. The van der Waals surface area contributed by atoms with Crippen LogP contribution in [0, 0.1) is 11.8 Å². The third-order valence-corrected chi connectivity index (χ3v) is 5.26. The molecule has 25 heavy (non-hydrogen) atoms. The van der Waals surface area contributed by atoms with Crippen molar-refractivity contribution in [3.05, 3.63) is 40.9 Å². The zero-order valence-electron chi connectivity index (χ0n) is 12.4. The highest BCUT2D eigenvalue weighted by atomic mass is 35.5. The van der Waals surface area contributed by atoms with Crippen LogP contribution in [0.25, 0.3) is 0 Å². The summed E-state index contributed by atoms with van der Waals surface area (Å²) in [5.74, 6) is -4.28. The average molecular weight is 373 g/mol. The first kappa shape index (κ1) is 16.4. The van der Waals surface area contributed by atoms with Gasteiger partial charge in [0.15, 0.2) is 0 Å². The first-order chi connectivity index (χ1) is 11.6. The number of halogens is 4. The third kappa shape index (κ3) is 2.20. The fraction of sp³-hybridized carbons (Fsp3) is 0.375. The smallest absolute Gasteiger partial charge is 0.416 e. The van der Waals surface area contributed by atoms with E-state index in [4.69, 9.17) is 16.3 Å². The number of amides is 1. The number of nitrogens with zero attached hydrogens (tertiary/aromatic N) is 1. The van der Waals surface area contributed by atoms with E-state index in [0.717, 1.165) is 23.1 Å². The Morgan fingerprint density at radius 3 is 2.76 bits per heavy atom. The standard InChI is InChI=1S/C16H11ClF3NO4/c17-8-2-1-7(16(18,19)20)5-9(8)21-6-15-4-3-10(25-15)11(14(23)24)12(15)13(21)22/h1-5,10-12H,6H2,(H,23,24)/p-1/t10-,11+,12-,15+/m1/s1. The van der Waals surface area contributed by atoms with E-state index in [2.05, 4.69) is 0 Å². The zero-order valence-corrected chi connectivity index (χ0v) is 13.2. The summed E-state index contributed by atoms with van der Waals surface area (Å²) in [7, 11) is 0. The lowest BCUT2D eigenvalue weighted by Crippen LogP contribution is -2.45. The number of alkyl halides is 3. The molecular weight excluding hydrogens is 363 g/mol. The molecule has 3 heterocycles. The Kier molecular flexibility index (Phi) is 3.27. The molecule has 4 atom stereocenters. The van der Waals surface area contributed by atoms with Gasteiger partial charge < -0.3 is 19.5 Å². The van der Waals surface area contributed by atoms with Crippen LogP contribution < -0.4 is 10.0 Å². The van der Waals surface area contributed by atoms with E-state index in [-0.39, 0.29) is 17.3 Å². The van der Waals surface area contributed by atoms with E-state index < -0.39 is 47.2 Å². The number of fused-ring (bicyclic) bond motifs is 1. The molecular formula is C16H10ClF3NO4-. The van der Waals surface area contributed by atoms with Crippen LogP contribution in [0.4, 0.5) is 18.9 Å². The van der Waals surface area contributed by atoms with Crippen molar-refractivity contribution in [3.8, 4) is 0 Å². The van der Waals surface area contributed by atoms with Gasteiger partial charge >= 0.3 is 6.18 Å². The van der Waals surface area contributed by atoms with E-state index in [1.807, 2.05) is 0 Å². The van der Waals surface area contributed by atoms with E-state index in [9.17, 15) is 27.9 Å². The van der Waals surface area contributed by atoms with Crippen LogP contribution in [0.1, 0.15) is 5.56 Å². The number of hydrogen-bond donors (Lipinski definition) is 0. The Balaban J connectivity index is 1.76. The Morgan fingerprint density at radius 2 is 2.12 bits per heavy atom. The van der Waals surface area contributed by atoms with Crippen molar-refractivity contribution < 1.29 is 32.6 Å². The molecule has 9 heteroatoms. The van der Waals surface area contributed by atoms with Crippen molar-refractivity contribution in [2.45, 2.75) is 17.9 Å². The molecule has 132 valence electrons. The first-order valence-electron chi connectivity index (χ1n) is 7.40. The number of benzene rings is 1. The maximum Gasteiger partial charge on any atom is 0.416 e. The van der Waals surface area contributed by atoms with Gasteiger partial charge in [-0.05, 0) is 18.2 Å². The second-order valence-corrected chi connectivity index (χ2v) is 6.71. The molecule has 0 saturated carbocycles. The lowest BCUT2D eigenvalue weighted by molar-refractivity contribution is -0.313. The second kappa shape index (κ2) is 4.98. The molecule has 2 fully saturated rings. The predicted molar refractivity (Wildman–Crippen MR) is 77.5 cm³/mol. The van der Waals surface area contributed by atoms with Gasteiger partial charge in [0.25, 0.3) is 0 Å². The molecule has 0 unspecified atom stereocenters. The monoisotopic (exact) mass is 372 g/mol. The molecule has 1 aromatic rings. The van der Waals surface area contributed by atoms with Gasteiger partial charge in [0, 0.05) is 11.9 Å². The van der Waals surface area contributed by atoms with Crippen LogP contribution in [0.3, 0.4) is 0 Å². The molecule has 2 bridgehead atoms. The summed E-state index contributed by atoms with van der Waals surface area (Å²) in [5.41, 5.74) is -2.25. The van der Waals surface area contributed by atoms with E-state index in [1.54, 1.807) is 12.2 Å². The van der Waals surface area contributed by atoms with Crippen molar-refractivity contribution in [2.75, 3.05) is 11.4 Å². The van der Waals surface area contributed by atoms with Crippen LogP contribution in [0.2, 0.25) is 5.02 Å². The van der Waals surface area contributed by atoms with Gasteiger partial charge in [0.1, 0.15) is 5.60 Å². The van der Waals surface area contributed by atoms with Gasteiger partial charge in [0.05, 0.1) is 34.8 Å². The number of rotatable bonds is 2. The zero-order chi connectivity index (χ0) is 18.1. The molecule has 0 aromatic heterocycles. The molecule has 1 aromatic carbocycles. The summed E-state index contributed by atoms with van der Waals surface area (Å²) in [5, 5.41) is 11.4. The molecule has 5 nitrogen and oxygen atoms in total. The van der Waals surface area contributed by atoms with Crippen LogP contribution in [-0.2, 0) is 20.5 Å². The molecule has 4 rings (SSSR count). The average Bonchev–Trinajstić information content (AvgIpc) is 3.15. The van der Waals surface area contributed by atoms with Crippen molar-refractivity contribution in [3.63, 3.8) is 0 Å². The van der Waals surface area contributed by atoms with Crippen LogP contribution in [0.15, 0.2) is 30.4 Å². The largest absolute Gasteiger partial charge is 0.550 e. The SMILES string of the molecule is O=C([O-])[C@H]1[C@H]2C=C[C@@]3(CN(c4cc(C(F)(F)F)ccc4Cl)C(=O)[C@@H]13)O2. The molecule has 0 N–H and O–H groups in total. The molecule has 0 radical (unpaired) electrons. The van der Waals surface area contributed by atoms with Gasteiger partial charge in [-0.2, -0.15) is 13.2 Å². The van der Waals surface area contributed by atoms with Crippen molar-refractivity contribution in [1.29, 1.82) is 0 Å². The van der Waals surface area contributed by atoms with Crippen LogP contribution >= 0.6 is 11.6 Å². The summed E-state index contributed by atoms with van der Waals surface area (Å²) in [4.78, 5) is 25.2. The fourth-order valence-corrected chi connectivity index (χ4v) is 4.09. The Hall–Kier alpha value is -2.06. The Morgan fingerprint density at radius 1 is 1.40 bits per heavy atom. The number of anilines is 1. The highest BCUT2D eigenvalue weighted by Gasteiger charge is 2.65. The van der Waals surface area contributed by atoms with Gasteiger partial charge in [-0.15, -0.1) is 0 Å². The summed E-state index contributed by atoms with van der Waals surface area (Å²) < 4.78 is 44.5. The van der Waals surface area contributed by atoms with Gasteiger partial charge in [-0.3, -0.25) is 4.79 Å². The van der Waals surface area contributed by atoms with Crippen LogP contribution in [0.5, 0.6) is 0 Å². The summed E-state index contributed by atoms with van der Waals surface area (Å²) >= 11 is 6.00. The lowest BCUT2D eigenvalue weighted by Gasteiger charge is -2.24. The summed E-state index contributed by atoms with van der Waals surface area (Å²) in [6, 6.07) is 2.66. The van der Waals surface area contributed by atoms with Gasteiger partial charge in [-0.25, -0.2) is 0 Å². The van der Waals surface area contributed by atoms with Crippen molar-refractivity contribution in [2.24, 2.45) is 11.8 Å². The maximum atomic E-state index is 13.0. The van der Waals surface area contributed by atoms with E-state index >= 15 is 0 Å². The minimum absolute atomic E-state index is 0.0405. The maximum absolute atomic E-state index is 13.0. The third-order valence-electron chi connectivity index (χ3n) is 4.94. The number of carbonyl (C=O) groups excluding carboxylic acids is 2.